The summed E-state index contributed by atoms with van der Waals surface area (Å²) in [5.41, 5.74) is 7.64. The molecule has 0 aliphatic carbocycles. The number of rotatable bonds is 1. The third kappa shape index (κ3) is 1.91. The Morgan fingerprint density at radius 2 is 2.18 bits per heavy atom. The summed E-state index contributed by atoms with van der Waals surface area (Å²) in [6.45, 7) is 3.84. The molecule has 0 aromatic carbocycles. The third-order valence-corrected chi connectivity index (χ3v) is 1.79. The first-order chi connectivity index (χ1) is 5.11. The van der Waals surface area contributed by atoms with Gasteiger partial charge < -0.3 is 5.73 Å². The number of hydrogen-bond acceptors (Lipinski definition) is 2. The minimum absolute atomic E-state index is 0.0276. The standard InChI is InChI=1S/C8H11ClN2/c1-5(10)7-3-4-8(9)11-6(7)2/h3-5H,10H2,1-2H3/t5-/m0/s1. The molecule has 0 aliphatic rings. The molecule has 0 spiro atoms. The SMILES string of the molecule is Cc1nc(Cl)ccc1[C@H](C)N. The highest BCUT2D eigenvalue weighted by Crippen LogP contribution is 2.15. The van der Waals surface area contributed by atoms with Gasteiger partial charge in [-0.2, -0.15) is 0 Å². The number of nitrogens with zero attached hydrogens (tertiary/aromatic N) is 1. The molecule has 0 fully saturated rings. The molecule has 11 heavy (non-hydrogen) atoms. The highest BCUT2D eigenvalue weighted by molar-refractivity contribution is 6.29. The average Bonchev–Trinajstić information content (AvgIpc) is 1.85. The summed E-state index contributed by atoms with van der Waals surface area (Å²) in [6.07, 6.45) is 0. The van der Waals surface area contributed by atoms with Crippen LogP contribution in [-0.4, -0.2) is 4.98 Å². The number of halogens is 1. The second kappa shape index (κ2) is 3.20. The van der Waals surface area contributed by atoms with Crippen molar-refractivity contribution in [2.75, 3.05) is 0 Å². The highest BCUT2D eigenvalue weighted by Gasteiger charge is 2.03. The third-order valence-electron chi connectivity index (χ3n) is 1.58. The Kier molecular flexibility index (Phi) is 2.47. The summed E-state index contributed by atoms with van der Waals surface area (Å²) in [5, 5.41) is 0.520. The molecule has 2 nitrogen and oxygen atoms in total. The minimum Gasteiger partial charge on any atom is -0.324 e. The van der Waals surface area contributed by atoms with Crippen molar-refractivity contribution in [3.63, 3.8) is 0 Å². The molecule has 0 amide bonds. The second-order valence-electron chi connectivity index (χ2n) is 2.60. The predicted octanol–water partition coefficient (Wildman–Crippen LogP) is 2.06. The summed E-state index contributed by atoms with van der Waals surface area (Å²) in [7, 11) is 0. The first-order valence-electron chi connectivity index (χ1n) is 3.50. The molecule has 1 aromatic rings. The van der Waals surface area contributed by atoms with Gasteiger partial charge in [0.15, 0.2) is 0 Å². The predicted molar refractivity (Wildman–Crippen MR) is 46.6 cm³/mol. The van der Waals surface area contributed by atoms with Gasteiger partial charge >= 0.3 is 0 Å². The number of hydrogen-bond donors (Lipinski definition) is 1. The highest BCUT2D eigenvalue weighted by atomic mass is 35.5. The van der Waals surface area contributed by atoms with Gasteiger partial charge in [0.2, 0.25) is 0 Å². The van der Waals surface area contributed by atoms with Gasteiger partial charge in [0.25, 0.3) is 0 Å². The molecular weight excluding hydrogens is 160 g/mol. The van der Waals surface area contributed by atoms with E-state index in [-0.39, 0.29) is 6.04 Å². The maximum Gasteiger partial charge on any atom is 0.129 e. The van der Waals surface area contributed by atoms with Crippen molar-refractivity contribution in [3.8, 4) is 0 Å². The zero-order valence-electron chi connectivity index (χ0n) is 6.63. The molecule has 60 valence electrons. The fraction of sp³-hybridized carbons (Fsp3) is 0.375. The maximum atomic E-state index is 5.68. The van der Waals surface area contributed by atoms with Crippen molar-refractivity contribution >= 4 is 11.6 Å². The summed E-state index contributed by atoms with van der Waals surface area (Å²) in [5.74, 6) is 0. The molecule has 1 aromatic heterocycles. The van der Waals surface area contributed by atoms with E-state index in [9.17, 15) is 0 Å². The number of aryl methyl sites for hydroxylation is 1. The van der Waals surface area contributed by atoms with Crippen LogP contribution in [0.5, 0.6) is 0 Å². The van der Waals surface area contributed by atoms with Crippen LogP contribution in [0.15, 0.2) is 12.1 Å². The number of nitrogens with two attached hydrogens (primary N) is 1. The van der Waals surface area contributed by atoms with Gasteiger partial charge in [0.1, 0.15) is 5.15 Å². The van der Waals surface area contributed by atoms with Gasteiger partial charge in [-0.1, -0.05) is 17.7 Å². The van der Waals surface area contributed by atoms with Gasteiger partial charge in [0.05, 0.1) is 0 Å². The van der Waals surface area contributed by atoms with Crippen LogP contribution in [0, 0.1) is 6.92 Å². The summed E-state index contributed by atoms with van der Waals surface area (Å²) in [6, 6.07) is 3.70. The van der Waals surface area contributed by atoms with Crippen molar-refractivity contribution < 1.29 is 0 Å². The topological polar surface area (TPSA) is 38.9 Å². The molecule has 0 bridgehead atoms. The fourth-order valence-corrected chi connectivity index (χ4v) is 1.21. The van der Waals surface area contributed by atoms with Crippen LogP contribution >= 0.6 is 11.6 Å². The van der Waals surface area contributed by atoms with Crippen LogP contribution in [0.25, 0.3) is 0 Å². The fourth-order valence-electron chi connectivity index (χ4n) is 1.02. The van der Waals surface area contributed by atoms with Crippen LogP contribution in [0.4, 0.5) is 0 Å². The van der Waals surface area contributed by atoms with Crippen molar-refractivity contribution in [3.05, 3.63) is 28.5 Å². The molecule has 0 saturated heterocycles. The van der Waals surface area contributed by atoms with E-state index < -0.39 is 0 Å². The zero-order valence-corrected chi connectivity index (χ0v) is 7.39. The lowest BCUT2D eigenvalue weighted by molar-refractivity contribution is 0.799. The van der Waals surface area contributed by atoms with E-state index in [1.165, 1.54) is 0 Å². The molecule has 1 heterocycles. The van der Waals surface area contributed by atoms with Crippen LogP contribution in [-0.2, 0) is 0 Å². The monoisotopic (exact) mass is 170 g/mol. The smallest absolute Gasteiger partial charge is 0.129 e. The Bertz CT molecular complexity index is 258. The Labute approximate surface area is 71.4 Å². The average molecular weight is 171 g/mol. The molecule has 1 atom stereocenters. The largest absolute Gasteiger partial charge is 0.324 e. The van der Waals surface area contributed by atoms with Crippen LogP contribution in [0.1, 0.15) is 24.2 Å². The van der Waals surface area contributed by atoms with Crippen molar-refractivity contribution in [2.24, 2.45) is 5.73 Å². The molecule has 2 N–H and O–H groups in total. The first-order valence-corrected chi connectivity index (χ1v) is 3.87. The van der Waals surface area contributed by atoms with Gasteiger partial charge in [-0.3, -0.25) is 0 Å². The molecule has 3 heteroatoms. The van der Waals surface area contributed by atoms with E-state index in [0.29, 0.717) is 5.15 Å². The Morgan fingerprint density at radius 1 is 1.55 bits per heavy atom. The van der Waals surface area contributed by atoms with Crippen LogP contribution in [0.3, 0.4) is 0 Å². The van der Waals surface area contributed by atoms with E-state index in [2.05, 4.69) is 4.98 Å². The normalized spacial score (nSPS) is 13.1. The molecule has 0 unspecified atom stereocenters. The van der Waals surface area contributed by atoms with E-state index in [1.54, 1.807) is 6.07 Å². The van der Waals surface area contributed by atoms with E-state index in [4.69, 9.17) is 17.3 Å². The van der Waals surface area contributed by atoms with Gasteiger partial charge in [-0.05, 0) is 25.5 Å². The van der Waals surface area contributed by atoms with Crippen molar-refractivity contribution in [2.45, 2.75) is 19.9 Å². The van der Waals surface area contributed by atoms with E-state index in [0.717, 1.165) is 11.3 Å². The van der Waals surface area contributed by atoms with Crippen LogP contribution in [0.2, 0.25) is 5.15 Å². The maximum absolute atomic E-state index is 5.68. The quantitative estimate of drug-likeness (QED) is 0.656. The van der Waals surface area contributed by atoms with Gasteiger partial charge in [0, 0.05) is 11.7 Å². The molecule has 1 rings (SSSR count). The Hall–Kier alpha value is -0.600. The molecular formula is C8H11ClN2. The molecule has 0 aliphatic heterocycles. The Morgan fingerprint density at radius 3 is 2.64 bits per heavy atom. The summed E-state index contributed by atoms with van der Waals surface area (Å²) >= 11 is 5.67. The zero-order chi connectivity index (χ0) is 8.43. The minimum atomic E-state index is 0.0276. The van der Waals surface area contributed by atoms with Crippen molar-refractivity contribution in [1.82, 2.24) is 4.98 Å². The van der Waals surface area contributed by atoms with Gasteiger partial charge in [-0.25, -0.2) is 4.98 Å². The number of pyridine rings is 1. The van der Waals surface area contributed by atoms with Crippen LogP contribution < -0.4 is 5.73 Å². The lowest BCUT2D eigenvalue weighted by atomic mass is 10.1. The van der Waals surface area contributed by atoms with Crippen molar-refractivity contribution in [1.29, 1.82) is 0 Å². The molecule has 0 saturated carbocycles. The lowest BCUT2D eigenvalue weighted by Crippen LogP contribution is -2.07. The Balaban J connectivity index is 3.09. The van der Waals surface area contributed by atoms with Gasteiger partial charge in [-0.15, -0.1) is 0 Å². The first kappa shape index (κ1) is 8.50. The number of aromatic nitrogens is 1. The lowest BCUT2D eigenvalue weighted by Gasteiger charge is -2.07. The van der Waals surface area contributed by atoms with E-state index >= 15 is 0 Å². The molecule has 0 radical (unpaired) electrons. The summed E-state index contributed by atoms with van der Waals surface area (Å²) < 4.78 is 0. The second-order valence-corrected chi connectivity index (χ2v) is 2.98. The summed E-state index contributed by atoms with van der Waals surface area (Å²) in [4.78, 5) is 4.08. The van der Waals surface area contributed by atoms with E-state index in [1.807, 2.05) is 19.9 Å².